The Kier molecular flexibility index (Phi) is 22.5. The molecule has 1 aliphatic rings. The van der Waals surface area contributed by atoms with E-state index in [2.05, 4.69) is 38.4 Å². The summed E-state index contributed by atoms with van der Waals surface area (Å²) in [7, 11) is 7.39. The van der Waals surface area contributed by atoms with E-state index in [-0.39, 0.29) is 49.7 Å². The van der Waals surface area contributed by atoms with Crippen LogP contribution in [0.1, 0.15) is 41.3 Å². The van der Waals surface area contributed by atoms with Crippen molar-refractivity contribution in [1.82, 2.24) is 24.4 Å². The van der Waals surface area contributed by atoms with E-state index >= 15 is 0 Å². The van der Waals surface area contributed by atoms with Crippen LogP contribution in [0.4, 0.5) is 8.78 Å². The molecule has 1 radical (unpaired) electrons. The Morgan fingerprint density at radius 3 is 2.34 bits per heavy atom. The van der Waals surface area contributed by atoms with Crippen molar-refractivity contribution in [3.8, 4) is 5.75 Å². The molecular weight excluding hydrogens is 791 g/mol. The minimum atomic E-state index is -0.939. The number of fused-ring (bicyclic) bond motifs is 1. The first kappa shape index (κ1) is 43.3. The molecule has 1 aliphatic heterocycles. The SMILES string of the molecule is CN.CN.CO.O=c1ccnc(COc2ccc(F)cc2F)[nH]1.[CH2-]OC[CH-]n1c(CN2CCCCC2)nc2ccc(C(=O)O)cc21.[Re]. The van der Waals surface area contributed by atoms with Gasteiger partial charge in [0.2, 0.25) is 0 Å². The van der Waals surface area contributed by atoms with E-state index in [1.165, 1.54) is 51.7 Å². The average Bonchev–Trinajstić information content (AvgIpc) is 3.42. The standard InChI is InChI=1S/C17H21N3O3.C11H8F2N2O2.2CH5N.CH4O.Re/c1-23-10-9-20-15-11-13(17(21)22)5-6-14(15)18-16(20)12-19-7-3-2-4-8-19;12-7-1-2-9(8(13)5-7)17-6-10-14-4-3-11(16)15-10;3*1-2;/h5-6,9,11H,1-4,7-8,10,12H2,(H,21,22);1-5H,6H2,(H,14,15,16);2*2H2,1H3;2H,1H3;/q-2;;;;;. The quantitative estimate of drug-likeness (QED) is 0.156. The predicted molar refractivity (Wildman–Crippen MR) is 171 cm³/mol. The number of nitrogens with zero attached hydrogens (tertiary/aromatic N) is 4. The molecule has 1 saturated heterocycles. The molecule has 0 atom stereocenters. The number of hydrogen-bond acceptors (Lipinski definition) is 10. The fourth-order valence-electron chi connectivity index (χ4n) is 4.26. The number of aliphatic hydroxyl groups is 1. The predicted octanol–water partition coefficient (Wildman–Crippen LogP) is 2.92. The number of carboxylic acids is 1. The van der Waals surface area contributed by atoms with Crippen LogP contribution < -0.4 is 21.8 Å². The second kappa shape index (κ2) is 24.4. The van der Waals surface area contributed by atoms with Gasteiger partial charge in [-0.2, -0.15) is 0 Å². The third-order valence-corrected chi connectivity index (χ3v) is 6.18. The van der Waals surface area contributed by atoms with Crippen LogP contribution in [0.2, 0.25) is 0 Å². The summed E-state index contributed by atoms with van der Waals surface area (Å²) in [6.45, 7) is 5.01. The molecule has 2 aromatic heterocycles. The molecule has 0 spiro atoms. The number of aromatic nitrogens is 4. The van der Waals surface area contributed by atoms with Gasteiger partial charge < -0.3 is 50.6 Å². The Morgan fingerprint density at radius 1 is 1.06 bits per heavy atom. The number of aromatic amines is 1. The van der Waals surface area contributed by atoms with Crippen LogP contribution in [-0.4, -0.2) is 81.5 Å². The topological polar surface area (TPSA) is 195 Å². The number of aliphatic hydroxyl groups excluding tert-OH is 1. The molecule has 5 rings (SSSR count). The number of likely N-dealkylation sites (tertiary alicyclic amines) is 1. The van der Waals surface area contributed by atoms with Crippen molar-refractivity contribution in [2.75, 3.05) is 40.9 Å². The van der Waals surface area contributed by atoms with Crippen molar-refractivity contribution in [1.29, 1.82) is 0 Å². The second-order valence-corrected chi connectivity index (χ2v) is 9.04. The Balaban J connectivity index is 0.000000786. The van der Waals surface area contributed by atoms with E-state index in [1.54, 1.807) is 18.2 Å². The van der Waals surface area contributed by atoms with Gasteiger partial charge in [0.15, 0.2) is 11.6 Å². The summed E-state index contributed by atoms with van der Waals surface area (Å²) in [5.41, 5.74) is 10.5. The molecule has 2 aromatic carbocycles. The van der Waals surface area contributed by atoms with E-state index in [0.717, 1.165) is 55.7 Å². The average molecular weight is 834 g/mol. The van der Waals surface area contributed by atoms with Gasteiger partial charge in [-0.3, -0.25) is 4.79 Å². The number of carbonyl (C=O) groups is 1. The molecule has 13 nitrogen and oxygen atoms in total. The molecule has 0 aliphatic carbocycles. The monoisotopic (exact) mass is 834 g/mol. The Morgan fingerprint density at radius 2 is 1.74 bits per heavy atom. The van der Waals surface area contributed by atoms with Crippen LogP contribution in [0.25, 0.3) is 11.0 Å². The summed E-state index contributed by atoms with van der Waals surface area (Å²) in [5.74, 6) is -1.35. The number of hydrogen-bond donors (Lipinski definition) is 5. The van der Waals surface area contributed by atoms with Crippen LogP contribution in [0.15, 0.2) is 53.5 Å². The van der Waals surface area contributed by atoms with Crippen LogP contribution in [0.3, 0.4) is 0 Å². The van der Waals surface area contributed by atoms with Crippen molar-refractivity contribution in [3.05, 3.63) is 102 Å². The van der Waals surface area contributed by atoms with E-state index in [0.29, 0.717) is 6.61 Å². The number of aromatic carboxylic acids is 1. The molecule has 261 valence electrons. The van der Waals surface area contributed by atoms with Gasteiger partial charge >= 0.3 is 5.97 Å². The zero-order valence-electron chi connectivity index (χ0n) is 26.7. The maximum Gasteiger partial charge on any atom is 0.334 e. The Labute approximate surface area is 286 Å². The maximum absolute atomic E-state index is 13.2. The normalized spacial score (nSPS) is 11.9. The van der Waals surface area contributed by atoms with Gasteiger partial charge in [-0.1, -0.05) is 19.0 Å². The number of imidazole rings is 1. The number of carboxylic acid groups (broad SMARTS) is 1. The minimum Gasteiger partial charge on any atom is -0.560 e. The van der Waals surface area contributed by atoms with E-state index in [4.69, 9.17) is 14.6 Å². The first-order valence-electron chi connectivity index (χ1n) is 14.2. The van der Waals surface area contributed by atoms with Gasteiger partial charge in [0.05, 0.1) is 0 Å². The van der Waals surface area contributed by atoms with Gasteiger partial charge in [0.1, 0.15) is 18.2 Å². The van der Waals surface area contributed by atoms with Crippen LogP contribution in [0, 0.1) is 25.3 Å². The molecule has 0 saturated carbocycles. The first-order valence-corrected chi connectivity index (χ1v) is 14.2. The molecule has 0 amide bonds. The number of rotatable bonds is 9. The van der Waals surface area contributed by atoms with Crippen molar-refractivity contribution in [2.24, 2.45) is 11.5 Å². The number of nitrogens with one attached hydrogen (secondary N) is 1. The third kappa shape index (κ3) is 14.3. The summed E-state index contributed by atoms with van der Waals surface area (Å²) in [6.07, 6.45) is 5.04. The van der Waals surface area contributed by atoms with Gasteiger partial charge in [-0.05, 0) is 76.4 Å². The fourth-order valence-corrected chi connectivity index (χ4v) is 4.26. The Hall–Kier alpha value is -3.75. The van der Waals surface area contributed by atoms with Crippen LogP contribution in [-0.2, 0) is 38.3 Å². The molecule has 0 unspecified atom stereocenters. The molecule has 7 N–H and O–H groups in total. The largest absolute Gasteiger partial charge is 0.560 e. The number of halogens is 2. The molecular formula is C31H43F2N7O6Re-2. The molecule has 4 aromatic rings. The number of H-pyrrole nitrogens is 1. The number of piperidine rings is 1. The van der Waals surface area contributed by atoms with E-state index in [1.807, 2.05) is 11.1 Å². The van der Waals surface area contributed by atoms with Gasteiger partial charge in [0, 0.05) is 69.3 Å². The molecule has 3 heterocycles. The smallest absolute Gasteiger partial charge is 0.334 e. The zero-order chi connectivity index (χ0) is 34.5. The van der Waals surface area contributed by atoms with Crippen molar-refractivity contribution < 1.29 is 53.7 Å². The third-order valence-electron chi connectivity index (χ3n) is 6.18. The second-order valence-electron chi connectivity index (χ2n) is 9.04. The van der Waals surface area contributed by atoms with Crippen molar-refractivity contribution >= 4 is 17.0 Å². The van der Waals surface area contributed by atoms with Crippen LogP contribution >= 0.6 is 0 Å². The van der Waals surface area contributed by atoms with E-state index in [9.17, 15) is 23.5 Å². The summed E-state index contributed by atoms with van der Waals surface area (Å²) in [6, 6.07) is 9.23. The first-order chi connectivity index (χ1) is 22.3. The molecule has 0 bridgehead atoms. The zero-order valence-corrected chi connectivity index (χ0v) is 29.4. The molecule has 16 heteroatoms. The fraction of sp³-hybridized carbons (Fsp3) is 0.355. The summed E-state index contributed by atoms with van der Waals surface area (Å²) < 4.78 is 37.7. The molecule has 1 fully saturated rings. The molecule has 47 heavy (non-hydrogen) atoms. The minimum absolute atomic E-state index is 0. The number of benzene rings is 2. The summed E-state index contributed by atoms with van der Waals surface area (Å²) in [5, 5.41) is 16.2. The maximum atomic E-state index is 13.2. The van der Waals surface area contributed by atoms with Crippen LogP contribution in [0.5, 0.6) is 5.75 Å². The van der Waals surface area contributed by atoms with Crippen molar-refractivity contribution in [2.45, 2.75) is 32.4 Å². The number of ether oxygens (including phenoxy) is 2. The van der Waals surface area contributed by atoms with Gasteiger partial charge in [-0.25, -0.2) is 25.7 Å². The van der Waals surface area contributed by atoms with Gasteiger partial charge in [0.25, 0.3) is 5.56 Å². The van der Waals surface area contributed by atoms with Crippen molar-refractivity contribution in [3.63, 3.8) is 0 Å². The summed E-state index contributed by atoms with van der Waals surface area (Å²) >= 11 is 0. The van der Waals surface area contributed by atoms with Gasteiger partial charge in [-0.15, -0.1) is 0 Å². The van der Waals surface area contributed by atoms with E-state index < -0.39 is 17.6 Å². The number of nitrogens with two attached hydrogens (primary N) is 2. The summed E-state index contributed by atoms with van der Waals surface area (Å²) in [4.78, 5) is 35.5. The Bertz CT molecular complexity index is 1520.